The number of nitrogens with one attached hydrogen (secondary N) is 1. The molecule has 19 heavy (non-hydrogen) atoms. The first kappa shape index (κ1) is 13.7. The van der Waals surface area contributed by atoms with Crippen molar-refractivity contribution in [1.29, 1.82) is 0 Å². The second-order valence-electron chi connectivity index (χ2n) is 5.00. The molecule has 0 radical (unpaired) electrons. The zero-order valence-corrected chi connectivity index (χ0v) is 11.9. The van der Waals surface area contributed by atoms with Gasteiger partial charge in [0.05, 0.1) is 5.69 Å². The summed E-state index contributed by atoms with van der Waals surface area (Å²) in [4.78, 5) is 8.68. The van der Waals surface area contributed by atoms with Gasteiger partial charge in [-0.15, -0.1) is 0 Å². The Morgan fingerprint density at radius 2 is 2.16 bits per heavy atom. The van der Waals surface area contributed by atoms with Crippen molar-refractivity contribution in [2.45, 2.75) is 46.2 Å². The van der Waals surface area contributed by atoms with E-state index in [1.54, 1.807) is 0 Å². The maximum absolute atomic E-state index is 4.44. The molecular weight excluding hydrogens is 236 g/mol. The van der Waals surface area contributed by atoms with Crippen molar-refractivity contribution in [1.82, 2.24) is 19.9 Å². The van der Waals surface area contributed by atoms with Crippen LogP contribution >= 0.6 is 0 Å². The Kier molecular flexibility index (Phi) is 4.68. The Labute approximate surface area is 114 Å². The molecule has 0 fully saturated rings. The molecule has 2 aromatic heterocycles. The van der Waals surface area contributed by atoms with Crippen LogP contribution in [0.4, 0.5) is 0 Å². The van der Waals surface area contributed by atoms with Crippen LogP contribution in [0.3, 0.4) is 0 Å². The molecule has 0 unspecified atom stereocenters. The third-order valence-electron chi connectivity index (χ3n) is 3.03. The molecule has 0 spiro atoms. The standard InChI is InChI=1S/C15H22N4/c1-4-5-15-17-8-9-19(15)14-6-7-16-10-13(14)11-18-12(2)3/h6-10,12,18H,4-5,11H2,1-3H3. The lowest BCUT2D eigenvalue weighted by molar-refractivity contribution is 0.586. The molecule has 1 N–H and O–H groups in total. The van der Waals surface area contributed by atoms with Gasteiger partial charge in [-0.25, -0.2) is 4.98 Å². The van der Waals surface area contributed by atoms with Gasteiger partial charge in [-0.3, -0.25) is 4.98 Å². The van der Waals surface area contributed by atoms with Gasteiger partial charge in [0.1, 0.15) is 5.82 Å². The Hall–Kier alpha value is -1.68. The van der Waals surface area contributed by atoms with Crippen molar-refractivity contribution < 1.29 is 0 Å². The minimum Gasteiger partial charge on any atom is -0.310 e. The third kappa shape index (κ3) is 3.41. The fourth-order valence-corrected chi connectivity index (χ4v) is 2.07. The Bertz CT molecular complexity index is 516. The molecule has 0 aromatic carbocycles. The van der Waals surface area contributed by atoms with E-state index in [-0.39, 0.29) is 0 Å². The maximum Gasteiger partial charge on any atom is 0.113 e. The Morgan fingerprint density at radius 1 is 1.32 bits per heavy atom. The second-order valence-corrected chi connectivity index (χ2v) is 5.00. The van der Waals surface area contributed by atoms with E-state index in [1.807, 2.05) is 24.8 Å². The fraction of sp³-hybridized carbons (Fsp3) is 0.467. The molecule has 0 saturated carbocycles. The molecule has 0 saturated heterocycles. The highest BCUT2D eigenvalue weighted by Gasteiger charge is 2.09. The molecule has 2 aromatic rings. The number of aromatic nitrogens is 3. The molecule has 4 nitrogen and oxygen atoms in total. The number of pyridine rings is 1. The van der Waals surface area contributed by atoms with Crippen molar-refractivity contribution in [3.63, 3.8) is 0 Å². The number of hydrogen-bond acceptors (Lipinski definition) is 3. The van der Waals surface area contributed by atoms with E-state index in [0.29, 0.717) is 6.04 Å². The average molecular weight is 258 g/mol. The monoisotopic (exact) mass is 258 g/mol. The largest absolute Gasteiger partial charge is 0.310 e. The second kappa shape index (κ2) is 6.48. The smallest absolute Gasteiger partial charge is 0.113 e. The highest BCUT2D eigenvalue weighted by Crippen LogP contribution is 2.16. The summed E-state index contributed by atoms with van der Waals surface area (Å²) in [6.45, 7) is 7.29. The van der Waals surface area contributed by atoms with E-state index in [4.69, 9.17) is 0 Å². The lowest BCUT2D eigenvalue weighted by Crippen LogP contribution is -2.23. The summed E-state index contributed by atoms with van der Waals surface area (Å²) in [6, 6.07) is 2.52. The summed E-state index contributed by atoms with van der Waals surface area (Å²) >= 11 is 0. The lowest BCUT2D eigenvalue weighted by atomic mass is 10.2. The highest BCUT2D eigenvalue weighted by atomic mass is 15.1. The van der Waals surface area contributed by atoms with Gasteiger partial charge in [-0.05, 0) is 12.5 Å². The van der Waals surface area contributed by atoms with Crippen LogP contribution in [0, 0.1) is 0 Å². The van der Waals surface area contributed by atoms with Crippen LogP contribution in [-0.2, 0) is 13.0 Å². The Balaban J connectivity index is 2.30. The molecule has 4 heteroatoms. The molecule has 102 valence electrons. The molecule has 0 bridgehead atoms. The molecule has 0 aliphatic carbocycles. The minimum atomic E-state index is 0.464. The number of hydrogen-bond donors (Lipinski definition) is 1. The highest BCUT2D eigenvalue weighted by molar-refractivity contribution is 5.40. The maximum atomic E-state index is 4.44. The predicted molar refractivity (Wildman–Crippen MR) is 77.3 cm³/mol. The van der Waals surface area contributed by atoms with Crippen LogP contribution < -0.4 is 5.32 Å². The van der Waals surface area contributed by atoms with E-state index < -0.39 is 0 Å². The van der Waals surface area contributed by atoms with Crippen LogP contribution in [0.25, 0.3) is 5.69 Å². The van der Waals surface area contributed by atoms with Gasteiger partial charge >= 0.3 is 0 Å². The summed E-state index contributed by atoms with van der Waals surface area (Å²) in [7, 11) is 0. The zero-order chi connectivity index (χ0) is 13.7. The van der Waals surface area contributed by atoms with Crippen LogP contribution in [0.2, 0.25) is 0 Å². The predicted octanol–water partition coefficient (Wildman–Crippen LogP) is 2.72. The number of nitrogens with zero attached hydrogens (tertiary/aromatic N) is 3. The molecule has 2 heterocycles. The quantitative estimate of drug-likeness (QED) is 0.866. The van der Waals surface area contributed by atoms with Crippen LogP contribution in [0.5, 0.6) is 0 Å². The van der Waals surface area contributed by atoms with Gasteiger partial charge in [-0.2, -0.15) is 0 Å². The van der Waals surface area contributed by atoms with Crippen molar-refractivity contribution >= 4 is 0 Å². The van der Waals surface area contributed by atoms with Crippen LogP contribution in [0.15, 0.2) is 30.9 Å². The fourth-order valence-electron chi connectivity index (χ4n) is 2.07. The zero-order valence-electron chi connectivity index (χ0n) is 11.9. The first-order valence-electron chi connectivity index (χ1n) is 6.91. The van der Waals surface area contributed by atoms with E-state index in [2.05, 4.69) is 46.7 Å². The topological polar surface area (TPSA) is 42.7 Å². The van der Waals surface area contributed by atoms with Crippen molar-refractivity contribution in [3.8, 4) is 5.69 Å². The third-order valence-corrected chi connectivity index (χ3v) is 3.03. The van der Waals surface area contributed by atoms with Crippen molar-refractivity contribution in [3.05, 3.63) is 42.2 Å². The normalized spacial score (nSPS) is 11.2. The van der Waals surface area contributed by atoms with E-state index in [9.17, 15) is 0 Å². The van der Waals surface area contributed by atoms with Crippen molar-refractivity contribution in [2.24, 2.45) is 0 Å². The summed E-state index contributed by atoms with van der Waals surface area (Å²) in [5.74, 6) is 1.11. The number of rotatable bonds is 6. The minimum absolute atomic E-state index is 0.464. The molecule has 0 aliphatic rings. The lowest BCUT2D eigenvalue weighted by Gasteiger charge is -2.14. The van der Waals surface area contributed by atoms with E-state index in [1.165, 1.54) is 11.3 Å². The number of aryl methyl sites for hydroxylation is 1. The molecular formula is C15H22N4. The van der Waals surface area contributed by atoms with Crippen LogP contribution in [-0.4, -0.2) is 20.6 Å². The van der Waals surface area contributed by atoms with Gasteiger partial charge in [0.25, 0.3) is 0 Å². The van der Waals surface area contributed by atoms with Gasteiger partial charge in [0, 0.05) is 49.4 Å². The molecule has 0 amide bonds. The van der Waals surface area contributed by atoms with Gasteiger partial charge in [-0.1, -0.05) is 20.8 Å². The number of imidazole rings is 1. The van der Waals surface area contributed by atoms with Crippen molar-refractivity contribution in [2.75, 3.05) is 0 Å². The van der Waals surface area contributed by atoms with E-state index in [0.717, 1.165) is 25.2 Å². The summed E-state index contributed by atoms with van der Waals surface area (Å²) in [5, 5.41) is 3.44. The van der Waals surface area contributed by atoms with Gasteiger partial charge < -0.3 is 9.88 Å². The first-order chi connectivity index (χ1) is 9.22. The molecule has 2 rings (SSSR count). The summed E-state index contributed by atoms with van der Waals surface area (Å²) < 4.78 is 2.17. The van der Waals surface area contributed by atoms with Crippen LogP contribution in [0.1, 0.15) is 38.6 Å². The van der Waals surface area contributed by atoms with Gasteiger partial charge in [0.15, 0.2) is 0 Å². The summed E-state index contributed by atoms with van der Waals surface area (Å²) in [6.07, 6.45) is 9.75. The van der Waals surface area contributed by atoms with Gasteiger partial charge in [0.2, 0.25) is 0 Å². The molecule has 0 atom stereocenters. The Morgan fingerprint density at radius 3 is 2.89 bits per heavy atom. The molecule has 0 aliphatic heterocycles. The van der Waals surface area contributed by atoms with E-state index >= 15 is 0 Å². The first-order valence-corrected chi connectivity index (χ1v) is 6.91. The SMILES string of the molecule is CCCc1nccn1-c1ccncc1CNC(C)C. The summed E-state index contributed by atoms with van der Waals surface area (Å²) in [5.41, 5.74) is 2.37. The average Bonchev–Trinajstić information content (AvgIpc) is 2.85.